The van der Waals surface area contributed by atoms with Gasteiger partial charge in [-0.2, -0.15) is 0 Å². The predicted molar refractivity (Wildman–Crippen MR) is 134 cm³/mol. The number of phenols is 1. The maximum Gasteiger partial charge on any atom is 0.300 e. The van der Waals surface area contributed by atoms with E-state index in [9.17, 15) is 19.8 Å². The number of nitrogens with zero attached hydrogens (tertiary/aromatic N) is 1. The molecule has 0 saturated carbocycles. The zero-order chi connectivity index (χ0) is 25.3. The Morgan fingerprint density at radius 3 is 2.46 bits per heavy atom. The first-order valence-electron chi connectivity index (χ1n) is 10.6. The van der Waals surface area contributed by atoms with Crippen molar-refractivity contribution in [1.82, 2.24) is 0 Å². The van der Waals surface area contributed by atoms with Gasteiger partial charge in [0.2, 0.25) is 0 Å². The molecule has 180 valence electrons. The van der Waals surface area contributed by atoms with Gasteiger partial charge in [0.25, 0.3) is 11.7 Å². The van der Waals surface area contributed by atoms with Crippen LogP contribution in [-0.2, 0) is 9.59 Å². The molecule has 1 heterocycles. The molecule has 0 aliphatic carbocycles. The second kappa shape index (κ2) is 9.90. The van der Waals surface area contributed by atoms with Gasteiger partial charge in [0.05, 0.1) is 30.4 Å². The Labute approximate surface area is 211 Å². The number of Topliss-reactive ketones (excluding diaryl/α,β-unsaturated/α-hetero) is 1. The Morgan fingerprint density at radius 1 is 1.03 bits per heavy atom. The molecule has 0 bridgehead atoms. The molecule has 1 saturated heterocycles. The maximum atomic E-state index is 13.3. The normalized spacial score (nSPS) is 17.0. The van der Waals surface area contributed by atoms with Gasteiger partial charge in [-0.1, -0.05) is 35.3 Å². The zero-order valence-corrected chi connectivity index (χ0v) is 20.3. The van der Waals surface area contributed by atoms with Crippen LogP contribution in [0.2, 0.25) is 10.0 Å². The van der Waals surface area contributed by atoms with Crippen molar-refractivity contribution in [3.05, 3.63) is 87.4 Å². The SMILES string of the molecule is CCOc1cc(/C(O)=C2/C(=O)C(=O)N(c3cccc(Cl)c3)C2c2ccc(OC)c(O)c2)ccc1Cl. The summed E-state index contributed by atoms with van der Waals surface area (Å²) in [5.74, 6) is -1.81. The summed E-state index contributed by atoms with van der Waals surface area (Å²) in [7, 11) is 1.41. The molecule has 1 amide bonds. The van der Waals surface area contributed by atoms with Crippen LogP contribution in [0.4, 0.5) is 5.69 Å². The van der Waals surface area contributed by atoms with Crippen LogP contribution < -0.4 is 14.4 Å². The van der Waals surface area contributed by atoms with Crippen LogP contribution in [0.3, 0.4) is 0 Å². The number of aromatic hydroxyl groups is 1. The van der Waals surface area contributed by atoms with Gasteiger partial charge in [-0.05, 0) is 61.0 Å². The molecule has 0 spiro atoms. The van der Waals surface area contributed by atoms with E-state index in [0.29, 0.717) is 33.7 Å². The summed E-state index contributed by atoms with van der Waals surface area (Å²) in [5, 5.41) is 22.4. The molecular weight excluding hydrogens is 493 g/mol. The molecule has 3 aromatic rings. The van der Waals surface area contributed by atoms with Crippen molar-refractivity contribution in [2.75, 3.05) is 18.6 Å². The van der Waals surface area contributed by atoms with Crippen molar-refractivity contribution in [3.63, 3.8) is 0 Å². The van der Waals surface area contributed by atoms with Crippen molar-refractivity contribution in [2.24, 2.45) is 0 Å². The van der Waals surface area contributed by atoms with E-state index in [4.69, 9.17) is 32.7 Å². The summed E-state index contributed by atoms with van der Waals surface area (Å²) in [6.07, 6.45) is 0. The average molecular weight is 514 g/mol. The largest absolute Gasteiger partial charge is 0.507 e. The third-order valence-corrected chi connectivity index (χ3v) is 6.10. The molecule has 1 fully saturated rings. The summed E-state index contributed by atoms with van der Waals surface area (Å²) in [6, 6.07) is 14.4. The van der Waals surface area contributed by atoms with E-state index >= 15 is 0 Å². The molecule has 7 nitrogen and oxygen atoms in total. The second-order valence-electron chi connectivity index (χ2n) is 7.66. The first-order chi connectivity index (χ1) is 16.8. The van der Waals surface area contributed by atoms with Crippen molar-refractivity contribution in [2.45, 2.75) is 13.0 Å². The molecule has 9 heteroatoms. The molecule has 3 aromatic carbocycles. The average Bonchev–Trinajstić information content (AvgIpc) is 3.10. The van der Waals surface area contributed by atoms with Crippen LogP contribution in [0.15, 0.2) is 66.2 Å². The summed E-state index contributed by atoms with van der Waals surface area (Å²) in [5.41, 5.74) is 0.807. The highest BCUT2D eigenvalue weighted by atomic mass is 35.5. The summed E-state index contributed by atoms with van der Waals surface area (Å²) in [4.78, 5) is 27.7. The van der Waals surface area contributed by atoms with E-state index in [0.717, 1.165) is 0 Å². The number of hydrogen-bond acceptors (Lipinski definition) is 6. The molecule has 1 unspecified atom stereocenters. The lowest BCUT2D eigenvalue weighted by molar-refractivity contribution is -0.132. The number of aliphatic hydroxyl groups excluding tert-OH is 1. The fourth-order valence-electron chi connectivity index (χ4n) is 3.99. The molecule has 1 aliphatic rings. The number of carbonyl (C=O) groups excluding carboxylic acids is 2. The number of carbonyl (C=O) groups is 2. The zero-order valence-electron chi connectivity index (χ0n) is 18.8. The third-order valence-electron chi connectivity index (χ3n) is 5.55. The topological polar surface area (TPSA) is 96.3 Å². The number of amides is 1. The van der Waals surface area contributed by atoms with Gasteiger partial charge in [0.15, 0.2) is 11.5 Å². The number of aliphatic hydroxyl groups is 1. The Bertz CT molecular complexity index is 1350. The summed E-state index contributed by atoms with van der Waals surface area (Å²) >= 11 is 12.3. The van der Waals surface area contributed by atoms with Gasteiger partial charge in [0.1, 0.15) is 11.5 Å². The molecule has 0 aromatic heterocycles. The van der Waals surface area contributed by atoms with Gasteiger partial charge >= 0.3 is 0 Å². The van der Waals surface area contributed by atoms with E-state index in [1.54, 1.807) is 37.3 Å². The Balaban J connectivity index is 1.95. The Hall–Kier alpha value is -3.68. The summed E-state index contributed by atoms with van der Waals surface area (Å²) < 4.78 is 10.6. The van der Waals surface area contributed by atoms with E-state index in [1.165, 1.54) is 42.3 Å². The molecule has 35 heavy (non-hydrogen) atoms. The number of hydrogen-bond donors (Lipinski definition) is 2. The van der Waals surface area contributed by atoms with Gasteiger partial charge in [-0.25, -0.2) is 0 Å². The van der Waals surface area contributed by atoms with Crippen LogP contribution in [0.1, 0.15) is 24.1 Å². The lowest BCUT2D eigenvalue weighted by Gasteiger charge is -2.26. The lowest BCUT2D eigenvalue weighted by atomic mass is 9.94. The van der Waals surface area contributed by atoms with Crippen LogP contribution in [0, 0.1) is 0 Å². The number of halogens is 2. The molecule has 4 rings (SSSR count). The molecule has 1 atom stereocenters. The maximum absolute atomic E-state index is 13.3. The Kier molecular flexibility index (Phi) is 6.91. The van der Waals surface area contributed by atoms with Crippen LogP contribution in [0.25, 0.3) is 5.76 Å². The number of benzene rings is 3. The van der Waals surface area contributed by atoms with Crippen molar-refractivity contribution in [3.8, 4) is 17.2 Å². The number of rotatable bonds is 6. The van der Waals surface area contributed by atoms with E-state index in [-0.39, 0.29) is 22.6 Å². The smallest absolute Gasteiger partial charge is 0.300 e. The highest BCUT2D eigenvalue weighted by Gasteiger charge is 2.47. The molecule has 2 N–H and O–H groups in total. The fraction of sp³-hybridized carbons (Fsp3) is 0.154. The highest BCUT2D eigenvalue weighted by Crippen LogP contribution is 2.44. The standard InChI is InChI=1S/C26H21Cl2NO6/c1-3-35-21-12-15(7-9-18(21)28)24(31)22-23(14-8-10-20(34-2)19(30)11-14)29(26(33)25(22)32)17-6-4-5-16(27)13-17/h4-13,23,30-31H,3H2,1-2H3/b24-22-. The number of ether oxygens (including phenoxy) is 2. The minimum Gasteiger partial charge on any atom is -0.507 e. The lowest BCUT2D eigenvalue weighted by Crippen LogP contribution is -2.29. The van der Waals surface area contributed by atoms with E-state index in [2.05, 4.69) is 0 Å². The second-order valence-corrected chi connectivity index (χ2v) is 8.50. The Morgan fingerprint density at radius 2 is 1.80 bits per heavy atom. The van der Waals surface area contributed by atoms with Crippen molar-refractivity contribution in [1.29, 1.82) is 0 Å². The van der Waals surface area contributed by atoms with E-state index in [1.807, 2.05) is 0 Å². The number of phenolic OH excluding ortho intramolecular Hbond substituents is 1. The number of anilines is 1. The van der Waals surface area contributed by atoms with Crippen molar-refractivity contribution < 1.29 is 29.3 Å². The van der Waals surface area contributed by atoms with E-state index < -0.39 is 23.5 Å². The minimum absolute atomic E-state index is 0.163. The number of methoxy groups -OCH3 is 1. The van der Waals surface area contributed by atoms with Crippen LogP contribution in [0.5, 0.6) is 17.2 Å². The minimum atomic E-state index is -1.06. The first kappa shape index (κ1) is 24.4. The first-order valence-corrected chi connectivity index (χ1v) is 11.4. The van der Waals surface area contributed by atoms with Gasteiger partial charge in [0, 0.05) is 16.3 Å². The quantitative estimate of drug-likeness (QED) is 0.248. The molecule has 1 aliphatic heterocycles. The fourth-order valence-corrected chi connectivity index (χ4v) is 4.35. The van der Waals surface area contributed by atoms with Gasteiger partial charge in [-0.15, -0.1) is 0 Å². The molecule has 0 radical (unpaired) electrons. The predicted octanol–water partition coefficient (Wildman–Crippen LogP) is 5.73. The summed E-state index contributed by atoms with van der Waals surface area (Å²) in [6.45, 7) is 2.13. The number of ketones is 1. The van der Waals surface area contributed by atoms with Gasteiger partial charge in [-0.3, -0.25) is 14.5 Å². The van der Waals surface area contributed by atoms with Crippen LogP contribution in [-0.4, -0.2) is 35.6 Å². The highest BCUT2D eigenvalue weighted by molar-refractivity contribution is 6.51. The molecular formula is C26H21Cl2NO6. The monoisotopic (exact) mass is 513 g/mol. The van der Waals surface area contributed by atoms with Crippen LogP contribution >= 0.6 is 23.2 Å². The third kappa shape index (κ3) is 4.52. The van der Waals surface area contributed by atoms with Gasteiger partial charge < -0.3 is 19.7 Å². The van der Waals surface area contributed by atoms with Crippen molar-refractivity contribution >= 4 is 46.3 Å².